The maximum atomic E-state index is 12.5. The minimum Gasteiger partial charge on any atom is -0.484 e. The van der Waals surface area contributed by atoms with E-state index >= 15 is 0 Å². The van der Waals surface area contributed by atoms with Crippen molar-refractivity contribution < 1.29 is 32.3 Å². The average Bonchev–Trinajstić information content (AvgIpc) is 2.70. The van der Waals surface area contributed by atoms with Crippen LogP contribution in [0.2, 0.25) is 0 Å². The SMILES string of the molecule is CN(C)C(=O)COc1ccc(NC(=O)CNC(=O)c2ccc(C(F)(F)F)cc2)cc1. The number of ether oxygens (including phenoxy) is 1. The maximum absolute atomic E-state index is 12.5. The van der Waals surface area contributed by atoms with Gasteiger partial charge in [0.25, 0.3) is 11.8 Å². The molecule has 2 aromatic carbocycles. The van der Waals surface area contributed by atoms with Crippen molar-refractivity contribution in [3.63, 3.8) is 0 Å². The average molecular weight is 423 g/mol. The van der Waals surface area contributed by atoms with Gasteiger partial charge in [0.2, 0.25) is 5.91 Å². The lowest BCUT2D eigenvalue weighted by atomic mass is 10.1. The number of amides is 3. The van der Waals surface area contributed by atoms with Gasteiger partial charge in [-0.25, -0.2) is 0 Å². The lowest BCUT2D eigenvalue weighted by Crippen LogP contribution is -2.32. The van der Waals surface area contributed by atoms with Crippen molar-refractivity contribution in [1.29, 1.82) is 0 Å². The van der Waals surface area contributed by atoms with Crippen LogP contribution in [0.5, 0.6) is 5.75 Å². The van der Waals surface area contributed by atoms with Gasteiger partial charge in [0.15, 0.2) is 6.61 Å². The molecule has 0 bridgehead atoms. The number of hydrogen-bond donors (Lipinski definition) is 2. The summed E-state index contributed by atoms with van der Waals surface area (Å²) < 4.78 is 42.9. The number of carbonyl (C=O) groups excluding carboxylic acids is 3. The number of likely N-dealkylation sites (N-methyl/N-ethyl adjacent to an activating group) is 1. The van der Waals surface area contributed by atoms with Gasteiger partial charge in [-0.2, -0.15) is 13.2 Å². The Morgan fingerprint density at radius 1 is 0.967 bits per heavy atom. The van der Waals surface area contributed by atoms with Crippen molar-refractivity contribution in [2.45, 2.75) is 6.18 Å². The first kappa shape index (κ1) is 22.7. The van der Waals surface area contributed by atoms with Crippen molar-refractivity contribution >= 4 is 23.4 Å². The number of anilines is 1. The highest BCUT2D eigenvalue weighted by molar-refractivity contribution is 5.99. The molecule has 0 unspecified atom stereocenters. The standard InChI is InChI=1S/C20H20F3N3O4/c1-26(2)18(28)12-30-16-9-7-15(8-10-16)25-17(27)11-24-19(29)13-3-5-14(6-4-13)20(21,22)23/h3-10H,11-12H2,1-2H3,(H,24,29)(H,25,27). The topological polar surface area (TPSA) is 87.7 Å². The predicted molar refractivity (Wildman–Crippen MR) is 103 cm³/mol. The molecule has 0 aliphatic rings. The molecule has 0 aliphatic carbocycles. The van der Waals surface area contributed by atoms with Gasteiger partial charge in [-0.3, -0.25) is 14.4 Å². The fraction of sp³-hybridized carbons (Fsp3) is 0.250. The van der Waals surface area contributed by atoms with Gasteiger partial charge in [-0.1, -0.05) is 0 Å². The van der Waals surface area contributed by atoms with Gasteiger partial charge < -0.3 is 20.3 Å². The molecule has 0 heterocycles. The van der Waals surface area contributed by atoms with Gasteiger partial charge >= 0.3 is 6.18 Å². The Bertz CT molecular complexity index is 895. The van der Waals surface area contributed by atoms with Crippen LogP contribution in [0.1, 0.15) is 15.9 Å². The van der Waals surface area contributed by atoms with Crippen molar-refractivity contribution in [1.82, 2.24) is 10.2 Å². The minimum atomic E-state index is -4.49. The zero-order chi connectivity index (χ0) is 22.3. The second kappa shape index (κ2) is 9.77. The third-order valence-corrected chi connectivity index (χ3v) is 3.88. The molecule has 10 heteroatoms. The summed E-state index contributed by atoms with van der Waals surface area (Å²) in [6, 6.07) is 9.93. The first-order valence-corrected chi connectivity index (χ1v) is 8.74. The van der Waals surface area contributed by atoms with Gasteiger partial charge in [0.05, 0.1) is 12.1 Å². The van der Waals surface area contributed by atoms with Crippen molar-refractivity contribution in [3.05, 3.63) is 59.7 Å². The largest absolute Gasteiger partial charge is 0.484 e. The number of carbonyl (C=O) groups is 3. The van der Waals surface area contributed by atoms with Crippen molar-refractivity contribution in [2.24, 2.45) is 0 Å². The zero-order valence-electron chi connectivity index (χ0n) is 16.2. The monoisotopic (exact) mass is 423 g/mol. The highest BCUT2D eigenvalue weighted by Gasteiger charge is 2.30. The van der Waals surface area contributed by atoms with E-state index in [-0.39, 0.29) is 24.6 Å². The number of benzene rings is 2. The molecule has 3 amide bonds. The number of nitrogens with zero attached hydrogens (tertiary/aromatic N) is 1. The first-order valence-electron chi connectivity index (χ1n) is 8.74. The molecule has 0 fully saturated rings. The van der Waals surface area contributed by atoms with Crippen LogP contribution in [-0.4, -0.2) is 49.9 Å². The van der Waals surface area contributed by atoms with Crippen LogP contribution >= 0.6 is 0 Å². The molecule has 160 valence electrons. The van der Waals surface area contributed by atoms with E-state index in [0.29, 0.717) is 11.4 Å². The Balaban J connectivity index is 1.81. The molecule has 0 saturated carbocycles. The molecule has 2 N–H and O–H groups in total. The Morgan fingerprint density at radius 3 is 2.10 bits per heavy atom. The summed E-state index contributed by atoms with van der Waals surface area (Å²) in [5, 5.41) is 4.89. The summed E-state index contributed by atoms with van der Waals surface area (Å²) in [4.78, 5) is 36.8. The van der Waals surface area contributed by atoms with Crippen LogP contribution in [-0.2, 0) is 15.8 Å². The number of halogens is 3. The number of rotatable bonds is 7. The predicted octanol–water partition coefficient (Wildman–Crippen LogP) is 2.54. The Labute approximate surface area is 170 Å². The van der Waals surface area contributed by atoms with Gasteiger partial charge in [-0.05, 0) is 48.5 Å². The molecule has 0 radical (unpaired) electrons. The summed E-state index contributed by atoms with van der Waals surface area (Å²) in [6.45, 7) is -0.482. The quantitative estimate of drug-likeness (QED) is 0.717. The minimum absolute atomic E-state index is 0.00423. The molecule has 7 nitrogen and oxygen atoms in total. The molecule has 0 spiro atoms. The lowest BCUT2D eigenvalue weighted by molar-refractivity contribution is -0.137. The highest BCUT2D eigenvalue weighted by Crippen LogP contribution is 2.29. The van der Waals surface area contributed by atoms with E-state index in [2.05, 4.69) is 10.6 Å². The van der Waals surface area contributed by atoms with E-state index < -0.39 is 23.6 Å². The normalized spacial score (nSPS) is 10.8. The van der Waals surface area contributed by atoms with Gasteiger partial charge in [0, 0.05) is 25.3 Å². The third-order valence-electron chi connectivity index (χ3n) is 3.88. The van der Waals surface area contributed by atoms with Crippen LogP contribution < -0.4 is 15.4 Å². The second-order valence-electron chi connectivity index (χ2n) is 6.41. The fourth-order valence-electron chi connectivity index (χ4n) is 2.19. The molecular weight excluding hydrogens is 403 g/mol. The summed E-state index contributed by atoms with van der Waals surface area (Å²) in [7, 11) is 3.22. The van der Waals surface area contributed by atoms with E-state index in [9.17, 15) is 27.6 Å². The molecule has 0 atom stereocenters. The molecular formula is C20H20F3N3O4. The zero-order valence-corrected chi connectivity index (χ0v) is 16.2. The smallest absolute Gasteiger partial charge is 0.416 e. The van der Waals surface area contributed by atoms with Gasteiger partial charge in [0.1, 0.15) is 5.75 Å². The van der Waals surface area contributed by atoms with E-state index in [1.807, 2.05) is 0 Å². The number of alkyl halides is 3. The summed E-state index contributed by atoms with van der Waals surface area (Å²) >= 11 is 0. The van der Waals surface area contributed by atoms with Crippen LogP contribution in [0.3, 0.4) is 0 Å². The maximum Gasteiger partial charge on any atom is 0.416 e. The Hall–Kier alpha value is -3.56. The molecule has 0 saturated heterocycles. The van der Waals surface area contributed by atoms with Crippen molar-refractivity contribution in [2.75, 3.05) is 32.6 Å². The number of nitrogens with one attached hydrogen (secondary N) is 2. The molecule has 30 heavy (non-hydrogen) atoms. The van der Waals surface area contributed by atoms with E-state index in [1.165, 1.54) is 4.90 Å². The molecule has 0 aliphatic heterocycles. The van der Waals surface area contributed by atoms with E-state index in [0.717, 1.165) is 24.3 Å². The summed E-state index contributed by atoms with van der Waals surface area (Å²) in [5.74, 6) is -0.949. The van der Waals surface area contributed by atoms with Crippen LogP contribution in [0.4, 0.5) is 18.9 Å². The van der Waals surface area contributed by atoms with Crippen LogP contribution in [0, 0.1) is 0 Å². The van der Waals surface area contributed by atoms with Crippen molar-refractivity contribution in [3.8, 4) is 5.75 Å². The van der Waals surface area contributed by atoms with Gasteiger partial charge in [-0.15, -0.1) is 0 Å². The molecule has 2 aromatic rings. The van der Waals surface area contributed by atoms with E-state index in [4.69, 9.17) is 4.74 Å². The summed E-state index contributed by atoms with van der Waals surface area (Å²) in [5.41, 5.74) is -0.421. The van der Waals surface area contributed by atoms with Crippen LogP contribution in [0.15, 0.2) is 48.5 Å². The van der Waals surface area contributed by atoms with Crippen LogP contribution in [0.25, 0.3) is 0 Å². The fourth-order valence-corrected chi connectivity index (χ4v) is 2.19. The highest BCUT2D eigenvalue weighted by atomic mass is 19.4. The third kappa shape index (κ3) is 6.80. The number of hydrogen-bond acceptors (Lipinski definition) is 4. The molecule has 0 aromatic heterocycles. The summed E-state index contributed by atoms with van der Waals surface area (Å²) in [6.07, 6.45) is -4.49. The Kier molecular flexibility index (Phi) is 7.40. The lowest BCUT2D eigenvalue weighted by Gasteiger charge is -2.12. The second-order valence-corrected chi connectivity index (χ2v) is 6.41. The first-order chi connectivity index (χ1) is 14.1. The molecule has 2 rings (SSSR count). The van der Waals surface area contributed by atoms with E-state index in [1.54, 1.807) is 38.4 Å². The Morgan fingerprint density at radius 2 is 1.57 bits per heavy atom.